The van der Waals surface area contributed by atoms with Crippen molar-refractivity contribution in [2.75, 3.05) is 20.1 Å². The molecule has 0 saturated heterocycles. The van der Waals surface area contributed by atoms with Crippen LogP contribution >= 0.6 is 23.2 Å². The molecule has 0 aromatic heterocycles. The fraction of sp³-hybridized carbons (Fsp3) is 0.278. The predicted octanol–water partition coefficient (Wildman–Crippen LogP) is 4.25. The number of nitrogens with zero attached hydrogens (tertiary/aromatic N) is 1. The molecule has 0 aliphatic rings. The van der Waals surface area contributed by atoms with Crippen LogP contribution in [0.3, 0.4) is 0 Å². The van der Waals surface area contributed by atoms with E-state index < -0.39 is 0 Å². The van der Waals surface area contributed by atoms with Gasteiger partial charge in [-0.05, 0) is 43.8 Å². The van der Waals surface area contributed by atoms with Crippen LogP contribution in [0.5, 0.6) is 0 Å². The van der Waals surface area contributed by atoms with Crippen molar-refractivity contribution in [2.45, 2.75) is 13.0 Å². The Kier molecular flexibility index (Phi) is 6.90. The summed E-state index contributed by atoms with van der Waals surface area (Å²) in [6, 6.07) is 15.2. The first-order valence-electron chi connectivity index (χ1n) is 7.52. The van der Waals surface area contributed by atoms with Crippen LogP contribution in [-0.2, 0) is 6.54 Å². The van der Waals surface area contributed by atoms with E-state index in [4.69, 9.17) is 23.2 Å². The zero-order chi connectivity index (χ0) is 16.7. The Morgan fingerprint density at radius 3 is 2.61 bits per heavy atom. The summed E-state index contributed by atoms with van der Waals surface area (Å²) < 4.78 is 0. The van der Waals surface area contributed by atoms with Gasteiger partial charge in [0, 0.05) is 18.1 Å². The van der Waals surface area contributed by atoms with Crippen molar-refractivity contribution in [2.24, 2.45) is 0 Å². The van der Waals surface area contributed by atoms with Gasteiger partial charge in [0.25, 0.3) is 5.91 Å². The molecule has 0 fully saturated rings. The second-order valence-electron chi connectivity index (χ2n) is 5.46. The Balaban J connectivity index is 1.72. The molecule has 2 aromatic carbocycles. The molecule has 0 radical (unpaired) electrons. The molecule has 3 nitrogen and oxygen atoms in total. The average Bonchev–Trinajstić information content (AvgIpc) is 2.54. The molecule has 2 aromatic rings. The second-order valence-corrected chi connectivity index (χ2v) is 6.30. The minimum absolute atomic E-state index is 0.191. The minimum atomic E-state index is -0.191. The van der Waals surface area contributed by atoms with Crippen LogP contribution < -0.4 is 5.32 Å². The minimum Gasteiger partial charge on any atom is -0.352 e. The number of hydrogen-bond acceptors (Lipinski definition) is 2. The molecule has 2 rings (SSSR count). The first-order chi connectivity index (χ1) is 11.1. The quantitative estimate of drug-likeness (QED) is 0.757. The van der Waals surface area contributed by atoms with E-state index in [9.17, 15) is 4.79 Å². The van der Waals surface area contributed by atoms with E-state index in [1.807, 2.05) is 18.2 Å². The Labute approximate surface area is 147 Å². The smallest absolute Gasteiger partial charge is 0.252 e. The Hall–Kier alpha value is -1.55. The molecule has 0 unspecified atom stereocenters. The Bertz CT molecular complexity index is 647. The van der Waals surface area contributed by atoms with Crippen molar-refractivity contribution in [3.8, 4) is 0 Å². The van der Waals surface area contributed by atoms with E-state index in [0.717, 1.165) is 19.5 Å². The van der Waals surface area contributed by atoms with Gasteiger partial charge in [0.1, 0.15) is 0 Å². The molecule has 122 valence electrons. The van der Waals surface area contributed by atoms with Crippen molar-refractivity contribution in [1.82, 2.24) is 10.2 Å². The van der Waals surface area contributed by atoms with Gasteiger partial charge in [0.2, 0.25) is 0 Å². The molecule has 23 heavy (non-hydrogen) atoms. The van der Waals surface area contributed by atoms with Gasteiger partial charge < -0.3 is 10.2 Å². The Morgan fingerprint density at radius 2 is 1.87 bits per heavy atom. The fourth-order valence-corrected chi connectivity index (χ4v) is 2.67. The lowest BCUT2D eigenvalue weighted by Crippen LogP contribution is -2.28. The molecular weight excluding hydrogens is 331 g/mol. The molecule has 1 amide bonds. The predicted molar refractivity (Wildman–Crippen MR) is 96.2 cm³/mol. The lowest BCUT2D eigenvalue weighted by Gasteiger charge is -2.16. The summed E-state index contributed by atoms with van der Waals surface area (Å²) in [5.41, 5.74) is 1.70. The number of carbonyl (C=O) groups excluding carboxylic acids is 1. The van der Waals surface area contributed by atoms with Crippen LogP contribution in [0.1, 0.15) is 22.3 Å². The van der Waals surface area contributed by atoms with Crippen molar-refractivity contribution in [3.63, 3.8) is 0 Å². The Morgan fingerprint density at radius 1 is 1.13 bits per heavy atom. The maximum absolute atomic E-state index is 12.1. The summed E-state index contributed by atoms with van der Waals surface area (Å²) in [4.78, 5) is 14.3. The van der Waals surface area contributed by atoms with Crippen LogP contribution in [0, 0.1) is 0 Å². The summed E-state index contributed by atoms with van der Waals surface area (Å²) in [6.07, 6.45) is 0.868. The number of hydrogen-bond donors (Lipinski definition) is 1. The van der Waals surface area contributed by atoms with Crippen LogP contribution in [-0.4, -0.2) is 30.9 Å². The highest BCUT2D eigenvalue weighted by molar-refractivity contribution is 6.35. The second kappa shape index (κ2) is 8.92. The SMILES string of the molecule is CN(CCCNC(=O)c1cc(Cl)ccc1Cl)Cc1ccccc1. The summed E-state index contributed by atoms with van der Waals surface area (Å²) in [5, 5.41) is 3.79. The van der Waals surface area contributed by atoms with Gasteiger partial charge in [-0.15, -0.1) is 0 Å². The fourth-order valence-electron chi connectivity index (χ4n) is 2.29. The first-order valence-corrected chi connectivity index (χ1v) is 8.27. The standard InChI is InChI=1S/C18H20Cl2N2O/c1-22(13-14-6-3-2-4-7-14)11-5-10-21-18(23)16-12-15(19)8-9-17(16)20/h2-4,6-9,12H,5,10-11,13H2,1H3,(H,21,23). The van der Waals surface area contributed by atoms with E-state index in [-0.39, 0.29) is 5.91 Å². The molecule has 0 atom stereocenters. The zero-order valence-electron chi connectivity index (χ0n) is 13.1. The van der Waals surface area contributed by atoms with Gasteiger partial charge in [-0.3, -0.25) is 4.79 Å². The van der Waals surface area contributed by atoms with Crippen molar-refractivity contribution < 1.29 is 4.79 Å². The van der Waals surface area contributed by atoms with Gasteiger partial charge in [-0.2, -0.15) is 0 Å². The van der Waals surface area contributed by atoms with E-state index in [2.05, 4.69) is 29.4 Å². The highest BCUT2D eigenvalue weighted by atomic mass is 35.5. The topological polar surface area (TPSA) is 32.3 Å². The first kappa shape index (κ1) is 17.8. The number of carbonyl (C=O) groups is 1. The normalized spacial score (nSPS) is 10.8. The van der Waals surface area contributed by atoms with Crippen molar-refractivity contribution in [1.29, 1.82) is 0 Å². The van der Waals surface area contributed by atoms with E-state index in [1.165, 1.54) is 5.56 Å². The third-order valence-corrected chi connectivity index (χ3v) is 4.04. The third-order valence-electron chi connectivity index (χ3n) is 3.47. The van der Waals surface area contributed by atoms with Gasteiger partial charge in [0.05, 0.1) is 10.6 Å². The molecule has 0 spiro atoms. The molecule has 0 aliphatic carbocycles. The van der Waals surface area contributed by atoms with Gasteiger partial charge in [-0.1, -0.05) is 53.5 Å². The molecule has 0 bridgehead atoms. The van der Waals surface area contributed by atoms with Gasteiger partial charge >= 0.3 is 0 Å². The number of nitrogens with one attached hydrogen (secondary N) is 1. The van der Waals surface area contributed by atoms with Gasteiger partial charge in [0.15, 0.2) is 0 Å². The van der Waals surface area contributed by atoms with Crippen LogP contribution in [0.25, 0.3) is 0 Å². The van der Waals surface area contributed by atoms with Crippen LogP contribution in [0.15, 0.2) is 48.5 Å². The average molecular weight is 351 g/mol. The third kappa shape index (κ3) is 5.87. The van der Waals surface area contributed by atoms with Crippen molar-refractivity contribution >= 4 is 29.1 Å². The highest BCUT2D eigenvalue weighted by Crippen LogP contribution is 2.20. The van der Waals surface area contributed by atoms with E-state index in [1.54, 1.807) is 18.2 Å². The summed E-state index contributed by atoms with van der Waals surface area (Å²) in [7, 11) is 2.07. The summed E-state index contributed by atoms with van der Waals surface area (Å²) >= 11 is 11.9. The summed E-state index contributed by atoms with van der Waals surface area (Å²) in [5.74, 6) is -0.191. The van der Waals surface area contributed by atoms with Crippen LogP contribution in [0.2, 0.25) is 10.0 Å². The molecule has 0 heterocycles. The zero-order valence-corrected chi connectivity index (χ0v) is 14.6. The lowest BCUT2D eigenvalue weighted by atomic mass is 10.2. The number of halogens is 2. The molecule has 0 aliphatic heterocycles. The summed E-state index contributed by atoms with van der Waals surface area (Å²) in [6.45, 7) is 2.40. The largest absolute Gasteiger partial charge is 0.352 e. The lowest BCUT2D eigenvalue weighted by molar-refractivity contribution is 0.0952. The molecular formula is C18H20Cl2N2O. The number of benzene rings is 2. The maximum Gasteiger partial charge on any atom is 0.252 e. The van der Waals surface area contributed by atoms with E-state index in [0.29, 0.717) is 22.2 Å². The van der Waals surface area contributed by atoms with E-state index >= 15 is 0 Å². The highest BCUT2D eigenvalue weighted by Gasteiger charge is 2.10. The van der Waals surface area contributed by atoms with Crippen molar-refractivity contribution in [3.05, 3.63) is 69.7 Å². The maximum atomic E-state index is 12.1. The number of amides is 1. The number of rotatable bonds is 7. The molecule has 5 heteroatoms. The monoisotopic (exact) mass is 350 g/mol. The van der Waals surface area contributed by atoms with Gasteiger partial charge in [-0.25, -0.2) is 0 Å². The van der Waals surface area contributed by atoms with Crippen LogP contribution in [0.4, 0.5) is 0 Å². The molecule has 1 N–H and O–H groups in total. The molecule has 0 saturated carbocycles.